The zero-order valence-corrected chi connectivity index (χ0v) is 5.28. The van der Waals surface area contributed by atoms with Crippen molar-refractivity contribution < 1.29 is 0 Å². The number of hydrogen-bond acceptors (Lipinski definition) is 2. The lowest BCUT2D eigenvalue weighted by molar-refractivity contribution is 0.912. The Morgan fingerprint density at radius 3 is 2.67 bits per heavy atom. The fourth-order valence-electron chi connectivity index (χ4n) is 0.570. The number of nitrogens with zero attached hydrogens (tertiary/aromatic N) is 2. The zero-order valence-electron chi connectivity index (χ0n) is 5.28. The fourth-order valence-corrected chi connectivity index (χ4v) is 0.570. The summed E-state index contributed by atoms with van der Waals surface area (Å²) in [5.41, 5.74) is 1.02. The van der Waals surface area contributed by atoms with Crippen molar-refractivity contribution in [3.63, 3.8) is 0 Å². The van der Waals surface area contributed by atoms with Crippen molar-refractivity contribution in [2.75, 3.05) is 0 Å². The average molecular weight is 120 g/mol. The predicted octanol–water partition coefficient (Wildman–Crippen LogP) is 1.29. The van der Waals surface area contributed by atoms with Gasteiger partial charge in [0, 0.05) is 6.20 Å². The lowest BCUT2D eigenvalue weighted by Crippen LogP contribution is -1.88. The van der Waals surface area contributed by atoms with Crippen LogP contribution in [-0.4, -0.2) is 10.2 Å². The van der Waals surface area contributed by atoms with E-state index >= 15 is 0 Å². The van der Waals surface area contributed by atoms with E-state index < -0.39 is 0 Å². The first kappa shape index (κ1) is 6.20. The second-order valence-corrected chi connectivity index (χ2v) is 1.96. The molecule has 0 aliphatic heterocycles. The third-order valence-electron chi connectivity index (χ3n) is 1.13. The van der Waals surface area contributed by atoms with Crippen LogP contribution in [0, 0.1) is 6.92 Å². The minimum Gasteiger partial charge on any atom is -0.159 e. The first-order valence-electron chi connectivity index (χ1n) is 2.83. The second kappa shape index (κ2) is 2.58. The van der Waals surface area contributed by atoms with E-state index in [4.69, 9.17) is 6.92 Å². The zero-order chi connectivity index (χ0) is 6.69. The molecule has 0 fully saturated rings. The summed E-state index contributed by atoms with van der Waals surface area (Å²) >= 11 is 0. The minimum absolute atomic E-state index is 0.0560. The average Bonchev–Trinajstić information content (AvgIpc) is 1.90. The molecule has 0 N–H and O–H groups in total. The van der Waals surface area contributed by atoms with Crippen molar-refractivity contribution in [2.45, 2.75) is 12.8 Å². The van der Waals surface area contributed by atoms with Crippen LogP contribution in [0.2, 0.25) is 0 Å². The highest BCUT2D eigenvalue weighted by Crippen LogP contribution is 2.09. The Morgan fingerprint density at radius 1 is 1.56 bits per heavy atom. The molecule has 2 radical (unpaired) electrons. The minimum atomic E-state index is 0.0560. The molecule has 0 aliphatic carbocycles. The van der Waals surface area contributed by atoms with Crippen LogP contribution in [-0.2, 0) is 0 Å². The van der Waals surface area contributed by atoms with E-state index in [1.807, 2.05) is 13.0 Å². The van der Waals surface area contributed by atoms with Crippen molar-refractivity contribution in [3.8, 4) is 0 Å². The molecule has 0 aromatic carbocycles. The smallest absolute Gasteiger partial charge is 0.0531 e. The number of hydrogen-bond donors (Lipinski definition) is 0. The van der Waals surface area contributed by atoms with Gasteiger partial charge in [0.05, 0.1) is 6.20 Å². The van der Waals surface area contributed by atoms with Crippen molar-refractivity contribution >= 4 is 0 Å². The standard InChI is InChI=1S/C7H8N2/c1-6(2)7-3-4-8-9-5-7/h1,3-6H,2H3. The number of rotatable bonds is 1. The van der Waals surface area contributed by atoms with E-state index in [9.17, 15) is 0 Å². The van der Waals surface area contributed by atoms with Crippen LogP contribution in [0.4, 0.5) is 0 Å². The van der Waals surface area contributed by atoms with Gasteiger partial charge in [-0.25, -0.2) is 0 Å². The Morgan fingerprint density at radius 2 is 2.33 bits per heavy atom. The van der Waals surface area contributed by atoms with E-state index in [-0.39, 0.29) is 5.92 Å². The molecule has 1 rings (SSSR count). The van der Waals surface area contributed by atoms with Crippen molar-refractivity contribution in [1.82, 2.24) is 10.2 Å². The highest BCUT2D eigenvalue weighted by Gasteiger charge is 1.95. The molecule has 1 atom stereocenters. The molecule has 1 aromatic heterocycles. The van der Waals surface area contributed by atoms with Gasteiger partial charge in [-0.15, -0.1) is 0 Å². The molecule has 0 saturated heterocycles. The van der Waals surface area contributed by atoms with Crippen molar-refractivity contribution in [1.29, 1.82) is 0 Å². The molecule has 46 valence electrons. The quantitative estimate of drug-likeness (QED) is 0.558. The van der Waals surface area contributed by atoms with Crippen LogP contribution in [0.25, 0.3) is 0 Å². The highest BCUT2D eigenvalue weighted by atomic mass is 15.1. The predicted molar refractivity (Wildman–Crippen MR) is 34.7 cm³/mol. The lowest BCUT2D eigenvalue weighted by atomic mass is 10.1. The molecule has 0 aliphatic rings. The summed E-state index contributed by atoms with van der Waals surface area (Å²) in [6.45, 7) is 7.46. The van der Waals surface area contributed by atoms with E-state index in [0.29, 0.717) is 0 Å². The van der Waals surface area contributed by atoms with Gasteiger partial charge in [0.15, 0.2) is 0 Å². The first-order valence-corrected chi connectivity index (χ1v) is 2.83. The van der Waals surface area contributed by atoms with Crippen LogP contribution >= 0.6 is 0 Å². The van der Waals surface area contributed by atoms with Gasteiger partial charge in [0.25, 0.3) is 0 Å². The van der Waals surface area contributed by atoms with E-state index in [0.717, 1.165) is 5.56 Å². The summed E-state index contributed by atoms with van der Waals surface area (Å²) in [5, 5.41) is 7.30. The molecule has 2 heteroatoms. The first-order chi connectivity index (χ1) is 4.30. The van der Waals surface area contributed by atoms with Gasteiger partial charge in [-0.2, -0.15) is 10.2 Å². The molecule has 1 heterocycles. The summed E-state index contributed by atoms with van der Waals surface area (Å²) < 4.78 is 0. The molecular formula is C7H8N2. The third kappa shape index (κ3) is 1.49. The largest absolute Gasteiger partial charge is 0.159 e. The summed E-state index contributed by atoms with van der Waals surface area (Å²) in [6, 6.07) is 1.86. The van der Waals surface area contributed by atoms with E-state index in [1.165, 1.54) is 0 Å². The van der Waals surface area contributed by atoms with Crippen LogP contribution < -0.4 is 0 Å². The normalized spacial score (nSPS) is 10.1. The van der Waals surface area contributed by atoms with Gasteiger partial charge in [-0.3, -0.25) is 0 Å². The monoisotopic (exact) mass is 120 g/mol. The summed E-state index contributed by atoms with van der Waals surface area (Å²) in [4.78, 5) is 0. The lowest BCUT2D eigenvalue weighted by Gasteiger charge is -1.99. The van der Waals surface area contributed by atoms with Gasteiger partial charge in [-0.1, -0.05) is 6.92 Å². The van der Waals surface area contributed by atoms with Gasteiger partial charge >= 0.3 is 0 Å². The Bertz CT molecular complexity index is 170. The van der Waals surface area contributed by atoms with E-state index in [2.05, 4.69) is 10.2 Å². The van der Waals surface area contributed by atoms with Gasteiger partial charge < -0.3 is 0 Å². The molecule has 2 nitrogen and oxygen atoms in total. The number of aromatic nitrogens is 2. The maximum Gasteiger partial charge on any atom is 0.0531 e. The molecule has 0 saturated carbocycles. The van der Waals surface area contributed by atoms with Crippen LogP contribution in [0.15, 0.2) is 18.5 Å². The van der Waals surface area contributed by atoms with Crippen LogP contribution in [0.5, 0.6) is 0 Å². The summed E-state index contributed by atoms with van der Waals surface area (Å²) in [5.74, 6) is 0.0560. The second-order valence-electron chi connectivity index (χ2n) is 1.96. The maximum atomic E-state index is 5.55. The molecule has 0 bridgehead atoms. The Balaban J connectivity index is 2.85. The SMILES string of the molecule is [CH]C(C)c1ccnnc1. The maximum absolute atomic E-state index is 5.55. The van der Waals surface area contributed by atoms with E-state index in [1.54, 1.807) is 12.4 Å². The molecule has 0 spiro atoms. The Hall–Kier alpha value is -0.920. The van der Waals surface area contributed by atoms with Gasteiger partial charge in [-0.05, 0) is 24.5 Å². The highest BCUT2D eigenvalue weighted by molar-refractivity contribution is 5.11. The third-order valence-corrected chi connectivity index (χ3v) is 1.13. The molecular weight excluding hydrogens is 112 g/mol. The molecule has 0 amide bonds. The Kier molecular flexibility index (Phi) is 1.78. The summed E-state index contributed by atoms with van der Waals surface area (Å²) in [7, 11) is 0. The van der Waals surface area contributed by atoms with Crippen LogP contribution in [0.1, 0.15) is 18.4 Å². The molecule has 9 heavy (non-hydrogen) atoms. The molecule has 1 unspecified atom stereocenters. The van der Waals surface area contributed by atoms with Crippen molar-refractivity contribution in [3.05, 3.63) is 30.9 Å². The Labute approximate surface area is 54.9 Å². The summed E-state index contributed by atoms with van der Waals surface area (Å²) in [6.07, 6.45) is 3.31. The fraction of sp³-hybridized carbons (Fsp3) is 0.286. The molecule has 1 aromatic rings. The topological polar surface area (TPSA) is 25.8 Å². The van der Waals surface area contributed by atoms with Crippen LogP contribution in [0.3, 0.4) is 0 Å². The van der Waals surface area contributed by atoms with Gasteiger partial charge in [0.2, 0.25) is 0 Å². The van der Waals surface area contributed by atoms with Gasteiger partial charge in [0.1, 0.15) is 0 Å². The van der Waals surface area contributed by atoms with Crippen molar-refractivity contribution in [2.24, 2.45) is 0 Å².